The maximum absolute atomic E-state index is 2.33. The van der Waals surface area contributed by atoms with Gasteiger partial charge in [0.15, 0.2) is 0 Å². The number of unbranched alkanes of at least 4 members (excludes halogenated alkanes) is 6. The number of hydrogen-bond acceptors (Lipinski definition) is 4. The molecule has 0 fully saturated rings. The largest absolute Gasteiger partial charge is 0.139 e. The van der Waals surface area contributed by atoms with E-state index in [1.54, 1.807) is 0 Å². The Balaban J connectivity index is 1.21. The van der Waals surface area contributed by atoms with Gasteiger partial charge in [0.1, 0.15) is 0 Å². The molecule has 5 aromatic rings. The van der Waals surface area contributed by atoms with Crippen molar-refractivity contribution in [3.8, 4) is 40.4 Å². The van der Waals surface area contributed by atoms with E-state index in [4.69, 9.17) is 0 Å². The Morgan fingerprint density at radius 2 is 0.737 bits per heavy atom. The molecule has 38 heavy (non-hydrogen) atoms. The van der Waals surface area contributed by atoms with E-state index >= 15 is 0 Å². The molecule has 5 rings (SSSR count). The summed E-state index contributed by atoms with van der Waals surface area (Å²) in [4.78, 5) is 11.3. The second-order valence-electron chi connectivity index (χ2n) is 10.1. The van der Waals surface area contributed by atoms with E-state index in [0.29, 0.717) is 0 Å². The fourth-order valence-electron chi connectivity index (χ4n) is 4.79. The molecule has 4 aromatic heterocycles. The summed E-state index contributed by atoms with van der Waals surface area (Å²) in [6, 6.07) is 27.6. The molecule has 0 bridgehead atoms. The van der Waals surface area contributed by atoms with E-state index in [0.717, 1.165) is 0 Å². The van der Waals surface area contributed by atoms with Gasteiger partial charge in [-0.3, -0.25) is 0 Å². The predicted molar refractivity (Wildman–Crippen MR) is 175 cm³/mol. The zero-order valence-corrected chi connectivity index (χ0v) is 25.9. The molecule has 198 valence electrons. The zero-order valence-electron chi connectivity index (χ0n) is 22.6. The van der Waals surface area contributed by atoms with Crippen LogP contribution in [0.5, 0.6) is 0 Å². The van der Waals surface area contributed by atoms with E-state index in [2.05, 4.69) is 86.6 Å². The summed E-state index contributed by atoms with van der Waals surface area (Å²) < 4.78 is 0. The monoisotopic (exact) mass is 574 g/mol. The van der Waals surface area contributed by atoms with Crippen molar-refractivity contribution < 1.29 is 0 Å². The smallest absolute Gasteiger partial charge is 0.0449 e. The SMILES string of the molecule is CCCCCCc1ccc(-c2ccc(-c3ccc(-c4ccc(-c5ccc(CCCCCC)s5)s4)cc3)s2)s1. The highest BCUT2D eigenvalue weighted by Gasteiger charge is 2.11. The molecule has 0 nitrogen and oxygen atoms in total. The summed E-state index contributed by atoms with van der Waals surface area (Å²) in [7, 11) is 0. The van der Waals surface area contributed by atoms with Crippen LogP contribution in [0.1, 0.15) is 75.0 Å². The molecule has 0 atom stereocenters. The maximum Gasteiger partial charge on any atom is 0.0449 e. The van der Waals surface area contributed by atoms with Crippen molar-refractivity contribution in [1.82, 2.24) is 0 Å². The molecular formula is C34H38S4. The molecule has 4 heterocycles. The average Bonchev–Trinajstić information content (AvgIpc) is 3.75. The summed E-state index contributed by atoms with van der Waals surface area (Å²) in [6.07, 6.45) is 13.1. The van der Waals surface area contributed by atoms with Gasteiger partial charge in [0.2, 0.25) is 0 Å². The number of rotatable bonds is 14. The minimum absolute atomic E-state index is 1.22. The molecule has 0 saturated carbocycles. The van der Waals surface area contributed by atoms with Gasteiger partial charge in [-0.2, -0.15) is 0 Å². The topological polar surface area (TPSA) is 0 Å². The Hall–Kier alpha value is -1.98. The molecule has 0 radical (unpaired) electrons. The van der Waals surface area contributed by atoms with Gasteiger partial charge in [0.25, 0.3) is 0 Å². The Labute approximate surface area is 245 Å². The van der Waals surface area contributed by atoms with Gasteiger partial charge in [-0.1, -0.05) is 76.6 Å². The molecule has 0 spiro atoms. The van der Waals surface area contributed by atoms with Crippen LogP contribution in [0, 0.1) is 0 Å². The van der Waals surface area contributed by atoms with Crippen molar-refractivity contribution in [2.75, 3.05) is 0 Å². The number of aryl methyl sites for hydroxylation is 2. The van der Waals surface area contributed by atoms with Gasteiger partial charge in [0, 0.05) is 39.0 Å². The normalized spacial score (nSPS) is 11.4. The van der Waals surface area contributed by atoms with Crippen molar-refractivity contribution in [3.05, 3.63) is 82.6 Å². The number of benzene rings is 1. The van der Waals surface area contributed by atoms with Crippen LogP contribution >= 0.6 is 45.3 Å². The van der Waals surface area contributed by atoms with Crippen LogP contribution in [0.2, 0.25) is 0 Å². The Kier molecular flexibility index (Phi) is 10.1. The van der Waals surface area contributed by atoms with Crippen LogP contribution in [0.3, 0.4) is 0 Å². The summed E-state index contributed by atoms with van der Waals surface area (Å²) >= 11 is 7.77. The van der Waals surface area contributed by atoms with Crippen molar-refractivity contribution in [3.63, 3.8) is 0 Å². The van der Waals surface area contributed by atoms with Gasteiger partial charge < -0.3 is 0 Å². The highest BCUT2D eigenvalue weighted by molar-refractivity contribution is 7.24. The lowest BCUT2D eigenvalue weighted by molar-refractivity contribution is 0.670. The first-order valence-electron chi connectivity index (χ1n) is 14.2. The van der Waals surface area contributed by atoms with E-state index in [9.17, 15) is 0 Å². The third-order valence-corrected chi connectivity index (χ3v) is 12.0. The van der Waals surface area contributed by atoms with Crippen molar-refractivity contribution >= 4 is 45.3 Å². The number of hydrogen-bond donors (Lipinski definition) is 0. The molecule has 0 aliphatic heterocycles. The van der Waals surface area contributed by atoms with Gasteiger partial charge >= 0.3 is 0 Å². The lowest BCUT2D eigenvalue weighted by Gasteiger charge is -2.01. The van der Waals surface area contributed by atoms with E-state index in [1.807, 2.05) is 45.3 Å². The molecular weight excluding hydrogens is 537 g/mol. The predicted octanol–water partition coefficient (Wildman–Crippen LogP) is 12.8. The highest BCUT2D eigenvalue weighted by Crippen LogP contribution is 2.40. The quantitative estimate of drug-likeness (QED) is 0.116. The first-order valence-corrected chi connectivity index (χ1v) is 17.5. The summed E-state index contributed by atoms with van der Waals surface area (Å²) in [6.45, 7) is 4.56. The van der Waals surface area contributed by atoms with Crippen molar-refractivity contribution in [2.45, 2.75) is 78.1 Å². The summed E-state index contributed by atoms with van der Waals surface area (Å²) in [5.41, 5.74) is 2.62. The lowest BCUT2D eigenvalue weighted by Crippen LogP contribution is -1.80. The third kappa shape index (κ3) is 7.15. The minimum atomic E-state index is 1.22. The lowest BCUT2D eigenvalue weighted by atomic mass is 10.1. The van der Waals surface area contributed by atoms with Crippen LogP contribution in [-0.4, -0.2) is 0 Å². The van der Waals surface area contributed by atoms with Gasteiger partial charge in [-0.15, -0.1) is 45.3 Å². The standard InChI is InChI=1S/C34H38S4/c1-3-5-7-9-11-27-17-19-31(35-27)33-23-21-29(37-33)25-13-15-26(16-14-25)30-22-24-34(38-30)32-20-18-28(36-32)12-10-8-6-4-2/h13-24H,3-12H2,1-2H3. The summed E-state index contributed by atoms with van der Waals surface area (Å²) in [5, 5.41) is 0. The second kappa shape index (κ2) is 13.9. The van der Waals surface area contributed by atoms with Gasteiger partial charge in [0.05, 0.1) is 0 Å². The maximum atomic E-state index is 2.33. The van der Waals surface area contributed by atoms with Gasteiger partial charge in [-0.25, -0.2) is 0 Å². The average molecular weight is 575 g/mol. The molecule has 1 aromatic carbocycles. The molecule has 0 saturated heterocycles. The molecule has 0 aliphatic rings. The second-order valence-corrected chi connectivity index (χ2v) is 14.6. The van der Waals surface area contributed by atoms with E-state index in [-0.39, 0.29) is 0 Å². The van der Waals surface area contributed by atoms with Crippen molar-refractivity contribution in [1.29, 1.82) is 0 Å². The summed E-state index contributed by atoms with van der Waals surface area (Å²) in [5.74, 6) is 0. The third-order valence-electron chi connectivity index (χ3n) is 7.03. The Morgan fingerprint density at radius 3 is 1.16 bits per heavy atom. The first-order chi connectivity index (χ1) is 18.7. The van der Waals surface area contributed by atoms with Crippen LogP contribution < -0.4 is 0 Å². The van der Waals surface area contributed by atoms with Crippen LogP contribution in [0.4, 0.5) is 0 Å². The van der Waals surface area contributed by atoms with Crippen LogP contribution in [0.25, 0.3) is 40.4 Å². The zero-order chi connectivity index (χ0) is 26.2. The van der Waals surface area contributed by atoms with E-state index < -0.39 is 0 Å². The van der Waals surface area contributed by atoms with Gasteiger partial charge in [-0.05, 0) is 85.3 Å². The van der Waals surface area contributed by atoms with Crippen LogP contribution in [-0.2, 0) is 12.8 Å². The molecule has 4 heteroatoms. The van der Waals surface area contributed by atoms with E-state index in [1.165, 1.54) is 114 Å². The molecule has 0 N–H and O–H groups in total. The Morgan fingerprint density at radius 1 is 0.368 bits per heavy atom. The van der Waals surface area contributed by atoms with Crippen molar-refractivity contribution in [2.24, 2.45) is 0 Å². The van der Waals surface area contributed by atoms with Crippen LogP contribution in [0.15, 0.2) is 72.8 Å². The number of thiophene rings is 4. The minimum Gasteiger partial charge on any atom is -0.139 e. The molecule has 0 amide bonds. The Bertz CT molecular complexity index is 1280. The molecule has 0 aliphatic carbocycles. The highest BCUT2D eigenvalue weighted by atomic mass is 32.1. The first kappa shape index (κ1) is 27.6. The fourth-order valence-corrected chi connectivity index (χ4v) is 9.09. The fraction of sp³-hybridized carbons (Fsp3) is 0.353. The molecule has 0 unspecified atom stereocenters.